The van der Waals surface area contributed by atoms with E-state index >= 15 is 0 Å². The fourth-order valence-electron chi connectivity index (χ4n) is 0.423. The molecule has 0 atom stereocenters. The second-order valence-electron chi connectivity index (χ2n) is 1.98. The van der Waals surface area contributed by atoms with Crippen LogP contribution in [0, 0.1) is 0 Å². The summed E-state index contributed by atoms with van der Waals surface area (Å²) in [5.41, 5.74) is 1.09. The molecule has 0 radical (unpaired) electrons. The topological polar surface area (TPSA) is 25.8 Å². The minimum atomic E-state index is 0.522. The van der Waals surface area contributed by atoms with Gasteiger partial charge in [0.2, 0.25) is 0 Å². The quantitative estimate of drug-likeness (QED) is 0.575. The highest BCUT2D eigenvalue weighted by molar-refractivity contribution is 7.03. The lowest BCUT2D eigenvalue weighted by atomic mass is 10.2. The van der Waals surface area contributed by atoms with Gasteiger partial charge in [-0.25, -0.2) is 0 Å². The fraction of sp³-hybridized carbons (Fsp3) is 0.600. The number of hydrogen-bond donors (Lipinski definition) is 0. The average molecular weight is 128 g/mol. The number of aromatic nitrogens is 2. The first kappa shape index (κ1) is 5.69. The van der Waals surface area contributed by atoms with E-state index in [1.165, 1.54) is 11.5 Å². The average Bonchev–Trinajstić information content (AvgIpc) is 2.12. The van der Waals surface area contributed by atoms with E-state index in [1.54, 1.807) is 0 Å². The van der Waals surface area contributed by atoms with Gasteiger partial charge in [0.1, 0.15) is 0 Å². The van der Waals surface area contributed by atoms with Gasteiger partial charge < -0.3 is 0 Å². The van der Waals surface area contributed by atoms with Gasteiger partial charge in [-0.3, -0.25) is 0 Å². The van der Waals surface area contributed by atoms with Gasteiger partial charge in [-0.1, -0.05) is 18.3 Å². The van der Waals surface area contributed by atoms with Gasteiger partial charge in [-0.05, 0) is 17.5 Å². The first-order valence-electron chi connectivity index (χ1n) is 2.57. The van der Waals surface area contributed by atoms with Crippen LogP contribution in [0.3, 0.4) is 0 Å². The maximum atomic E-state index is 3.88. The standard InChI is InChI=1S/C5H8N2S/c1-4(2)5-3-8-7-6-5/h3-4H,1-2H3. The van der Waals surface area contributed by atoms with Crippen molar-refractivity contribution in [3.8, 4) is 0 Å². The molecule has 0 aliphatic carbocycles. The molecule has 0 aliphatic heterocycles. The highest BCUT2D eigenvalue weighted by atomic mass is 32.1. The van der Waals surface area contributed by atoms with Gasteiger partial charge >= 0.3 is 0 Å². The van der Waals surface area contributed by atoms with Crippen LogP contribution in [0.4, 0.5) is 0 Å². The Morgan fingerprint density at radius 2 is 2.38 bits per heavy atom. The minimum Gasteiger partial charge on any atom is -0.143 e. The summed E-state index contributed by atoms with van der Waals surface area (Å²) in [7, 11) is 0. The van der Waals surface area contributed by atoms with Crippen LogP contribution in [0.2, 0.25) is 0 Å². The summed E-state index contributed by atoms with van der Waals surface area (Å²) >= 11 is 1.41. The Balaban J connectivity index is 2.77. The first-order chi connectivity index (χ1) is 3.80. The highest BCUT2D eigenvalue weighted by Gasteiger charge is 1.98. The second-order valence-corrected chi connectivity index (χ2v) is 2.59. The second kappa shape index (κ2) is 2.22. The molecule has 1 heterocycles. The van der Waals surface area contributed by atoms with E-state index in [-0.39, 0.29) is 0 Å². The third-order valence-electron chi connectivity index (χ3n) is 0.968. The molecule has 0 fully saturated rings. The predicted octanol–water partition coefficient (Wildman–Crippen LogP) is 1.66. The fourth-order valence-corrected chi connectivity index (χ4v) is 1.04. The molecule has 0 N–H and O–H groups in total. The Bertz CT molecular complexity index is 145. The van der Waals surface area contributed by atoms with Crippen molar-refractivity contribution >= 4 is 11.5 Å². The number of rotatable bonds is 1. The van der Waals surface area contributed by atoms with Gasteiger partial charge in [0.05, 0.1) is 5.69 Å². The number of hydrogen-bond acceptors (Lipinski definition) is 3. The van der Waals surface area contributed by atoms with E-state index in [0.717, 1.165) is 5.69 Å². The Morgan fingerprint density at radius 3 is 2.62 bits per heavy atom. The molecular weight excluding hydrogens is 120 g/mol. The molecule has 0 amide bonds. The predicted molar refractivity (Wildman–Crippen MR) is 34.0 cm³/mol. The van der Waals surface area contributed by atoms with Gasteiger partial charge in [0.15, 0.2) is 0 Å². The van der Waals surface area contributed by atoms with Crippen molar-refractivity contribution in [1.82, 2.24) is 9.59 Å². The van der Waals surface area contributed by atoms with Crippen molar-refractivity contribution in [3.63, 3.8) is 0 Å². The molecule has 1 aromatic rings. The van der Waals surface area contributed by atoms with Gasteiger partial charge in [0, 0.05) is 5.38 Å². The summed E-state index contributed by atoms with van der Waals surface area (Å²) in [6.07, 6.45) is 0. The molecule has 44 valence electrons. The summed E-state index contributed by atoms with van der Waals surface area (Å²) < 4.78 is 3.74. The minimum absolute atomic E-state index is 0.522. The molecule has 0 aromatic carbocycles. The summed E-state index contributed by atoms with van der Waals surface area (Å²) in [5, 5.41) is 5.86. The molecule has 0 bridgehead atoms. The smallest absolute Gasteiger partial charge is 0.0780 e. The Morgan fingerprint density at radius 1 is 1.62 bits per heavy atom. The zero-order valence-electron chi connectivity index (χ0n) is 4.96. The maximum Gasteiger partial charge on any atom is 0.0780 e. The van der Waals surface area contributed by atoms with Crippen molar-refractivity contribution in [3.05, 3.63) is 11.1 Å². The van der Waals surface area contributed by atoms with Gasteiger partial charge in [-0.2, -0.15) is 0 Å². The molecular formula is C5H8N2S. The lowest BCUT2D eigenvalue weighted by Gasteiger charge is -1.92. The van der Waals surface area contributed by atoms with Crippen LogP contribution in [0.15, 0.2) is 5.38 Å². The van der Waals surface area contributed by atoms with E-state index in [0.29, 0.717) is 5.92 Å². The van der Waals surface area contributed by atoms with Crippen LogP contribution in [0.25, 0.3) is 0 Å². The van der Waals surface area contributed by atoms with Crippen LogP contribution in [-0.2, 0) is 0 Å². The third-order valence-corrected chi connectivity index (χ3v) is 1.49. The van der Waals surface area contributed by atoms with E-state index in [2.05, 4.69) is 23.4 Å². The molecule has 2 nitrogen and oxygen atoms in total. The van der Waals surface area contributed by atoms with Crippen molar-refractivity contribution in [2.75, 3.05) is 0 Å². The Labute approximate surface area is 52.7 Å². The molecule has 0 unspecified atom stereocenters. The van der Waals surface area contributed by atoms with E-state index in [4.69, 9.17) is 0 Å². The van der Waals surface area contributed by atoms with Crippen molar-refractivity contribution in [2.24, 2.45) is 0 Å². The molecule has 8 heavy (non-hydrogen) atoms. The van der Waals surface area contributed by atoms with Crippen LogP contribution in [-0.4, -0.2) is 9.59 Å². The largest absolute Gasteiger partial charge is 0.143 e. The Hall–Kier alpha value is -0.440. The Kier molecular flexibility index (Phi) is 1.58. The first-order valence-corrected chi connectivity index (χ1v) is 3.41. The summed E-state index contributed by atoms with van der Waals surface area (Å²) in [6, 6.07) is 0. The lowest BCUT2D eigenvalue weighted by molar-refractivity contribution is 0.812. The van der Waals surface area contributed by atoms with Crippen molar-refractivity contribution in [2.45, 2.75) is 19.8 Å². The van der Waals surface area contributed by atoms with Crippen LogP contribution >= 0.6 is 11.5 Å². The molecule has 3 heteroatoms. The van der Waals surface area contributed by atoms with E-state index < -0.39 is 0 Å². The SMILES string of the molecule is CC(C)c1csnn1. The summed E-state index contributed by atoms with van der Waals surface area (Å²) in [4.78, 5) is 0. The molecule has 1 rings (SSSR count). The van der Waals surface area contributed by atoms with Crippen LogP contribution in [0.1, 0.15) is 25.5 Å². The van der Waals surface area contributed by atoms with Crippen molar-refractivity contribution in [1.29, 1.82) is 0 Å². The highest BCUT2D eigenvalue weighted by Crippen LogP contribution is 2.10. The normalized spacial score (nSPS) is 10.4. The lowest BCUT2D eigenvalue weighted by Crippen LogP contribution is -1.85. The van der Waals surface area contributed by atoms with Crippen LogP contribution in [0.5, 0.6) is 0 Å². The number of nitrogens with zero attached hydrogens (tertiary/aromatic N) is 2. The van der Waals surface area contributed by atoms with Crippen LogP contribution < -0.4 is 0 Å². The molecule has 0 aliphatic rings. The maximum absolute atomic E-state index is 3.88. The molecule has 0 saturated carbocycles. The van der Waals surface area contributed by atoms with Crippen molar-refractivity contribution < 1.29 is 0 Å². The summed E-state index contributed by atoms with van der Waals surface area (Å²) in [5.74, 6) is 0.522. The van der Waals surface area contributed by atoms with E-state index in [9.17, 15) is 0 Å². The zero-order chi connectivity index (χ0) is 5.98. The molecule has 0 saturated heterocycles. The molecule has 0 spiro atoms. The van der Waals surface area contributed by atoms with Gasteiger partial charge in [-0.15, -0.1) is 5.10 Å². The van der Waals surface area contributed by atoms with Gasteiger partial charge in [0.25, 0.3) is 0 Å². The van der Waals surface area contributed by atoms with E-state index in [1.807, 2.05) is 5.38 Å². The molecule has 1 aromatic heterocycles. The third kappa shape index (κ3) is 1.04. The monoisotopic (exact) mass is 128 g/mol. The zero-order valence-corrected chi connectivity index (χ0v) is 5.77. The summed E-state index contributed by atoms with van der Waals surface area (Å²) in [6.45, 7) is 4.22.